The van der Waals surface area contributed by atoms with Gasteiger partial charge in [0, 0.05) is 5.56 Å². The number of phenolic OH excluding ortho intramolecular Hbond substituents is 2. The molecule has 0 heterocycles. The van der Waals surface area contributed by atoms with Crippen LogP contribution in [0.3, 0.4) is 0 Å². The summed E-state index contributed by atoms with van der Waals surface area (Å²) in [5.74, 6) is -2.39. The second-order valence-electron chi connectivity index (χ2n) is 2.62. The number of rotatable bonds is 2. The summed E-state index contributed by atoms with van der Waals surface area (Å²) in [4.78, 5) is 0. The highest BCUT2D eigenvalue weighted by atomic mass is 19.1. The van der Waals surface area contributed by atoms with Gasteiger partial charge in [-0.1, -0.05) is 6.07 Å². The number of hydrogen-bond donors (Lipinski definition) is 4. The van der Waals surface area contributed by atoms with Crippen LogP contribution in [0, 0.1) is 5.82 Å². The second-order valence-corrected chi connectivity index (χ2v) is 2.62. The first-order chi connectivity index (χ1) is 6.07. The van der Waals surface area contributed by atoms with Crippen molar-refractivity contribution in [1.29, 1.82) is 0 Å². The Morgan fingerprint density at radius 3 is 2.46 bits per heavy atom. The van der Waals surface area contributed by atoms with E-state index in [0.29, 0.717) is 0 Å². The molecule has 4 nitrogen and oxygen atoms in total. The van der Waals surface area contributed by atoms with E-state index in [9.17, 15) is 9.50 Å². The first-order valence-corrected chi connectivity index (χ1v) is 3.64. The summed E-state index contributed by atoms with van der Waals surface area (Å²) in [6, 6.07) is 1.36. The molecule has 72 valence electrons. The van der Waals surface area contributed by atoms with Crippen LogP contribution in [0.25, 0.3) is 0 Å². The van der Waals surface area contributed by atoms with Crippen LogP contribution in [0.15, 0.2) is 12.1 Å². The van der Waals surface area contributed by atoms with Crippen molar-refractivity contribution in [2.24, 2.45) is 5.73 Å². The van der Waals surface area contributed by atoms with Crippen molar-refractivity contribution >= 4 is 0 Å². The summed E-state index contributed by atoms with van der Waals surface area (Å²) in [6.45, 7) is -0.390. The maximum absolute atomic E-state index is 12.6. The molecule has 5 heteroatoms. The fourth-order valence-corrected chi connectivity index (χ4v) is 0.968. The zero-order valence-electron chi connectivity index (χ0n) is 6.74. The monoisotopic (exact) mass is 187 g/mol. The number of phenols is 2. The largest absolute Gasteiger partial charge is 0.504 e. The molecular weight excluding hydrogens is 177 g/mol. The molecular formula is C8H10FNO3. The molecule has 0 fully saturated rings. The molecule has 0 spiro atoms. The van der Waals surface area contributed by atoms with Crippen LogP contribution in [0.4, 0.5) is 4.39 Å². The van der Waals surface area contributed by atoms with E-state index < -0.39 is 30.0 Å². The van der Waals surface area contributed by atoms with Crippen LogP contribution in [0.5, 0.6) is 11.5 Å². The Hall–Kier alpha value is -1.33. The third kappa shape index (κ3) is 1.71. The zero-order chi connectivity index (χ0) is 10.0. The molecule has 5 N–H and O–H groups in total. The molecule has 13 heavy (non-hydrogen) atoms. The highest BCUT2D eigenvalue weighted by molar-refractivity contribution is 5.46. The Labute approximate surface area is 74.0 Å². The van der Waals surface area contributed by atoms with Crippen LogP contribution in [-0.2, 0) is 0 Å². The summed E-state index contributed by atoms with van der Waals surface area (Å²) in [6.07, 6.45) is 0. The smallest absolute Gasteiger partial charge is 0.194 e. The van der Waals surface area contributed by atoms with Crippen LogP contribution in [-0.4, -0.2) is 21.9 Å². The molecule has 0 aliphatic carbocycles. The lowest BCUT2D eigenvalue weighted by molar-refractivity contribution is 0.264. The minimum Gasteiger partial charge on any atom is -0.504 e. The number of nitrogens with two attached hydrogens (primary N) is 1. The van der Waals surface area contributed by atoms with Crippen molar-refractivity contribution in [1.82, 2.24) is 0 Å². The Kier molecular flexibility index (Phi) is 2.69. The predicted octanol–water partition coefficient (Wildman–Crippen LogP) is 0.229. The van der Waals surface area contributed by atoms with Gasteiger partial charge in [-0.05, 0) is 6.07 Å². The van der Waals surface area contributed by atoms with Gasteiger partial charge in [-0.25, -0.2) is 4.39 Å². The minimum absolute atomic E-state index is 0.112. The van der Waals surface area contributed by atoms with Gasteiger partial charge in [0.05, 0.1) is 12.6 Å². The van der Waals surface area contributed by atoms with E-state index in [2.05, 4.69) is 0 Å². The predicted molar refractivity (Wildman–Crippen MR) is 43.7 cm³/mol. The van der Waals surface area contributed by atoms with Gasteiger partial charge in [-0.3, -0.25) is 0 Å². The zero-order valence-corrected chi connectivity index (χ0v) is 6.74. The van der Waals surface area contributed by atoms with E-state index in [1.54, 1.807) is 0 Å². The maximum Gasteiger partial charge on any atom is 0.194 e. The van der Waals surface area contributed by atoms with Gasteiger partial charge in [0.15, 0.2) is 17.3 Å². The van der Waals surface area contributed by atoms with E-state index in [-0.39, 0.29) is 5.56 Å². The Bertz CT molecular complexity index is 317. The van der Waals surface area contributed by atoms with Crippen molar-refractivity contribution in [3.63, 3.8) is 0 Å². The van der Waals surface area contributed by atoms with Gasteiger partial charge in [-0.2, -0.15) is 0 Å². The van der Waals surface area contributed by atoms with E-state index in [4.69, 9.17) is 15.9 Å². The number of aliphatic hydroxyl groups is 1. The molecule has 0 aliphatic rings. The van der Waals surface area contributed by atoms with E-state index in [1.807, 2.05) is 0 Å². The SMILES string of the molecule is NC(CO)c1ccc(F)c(O)c1O. The molecule has 0 saturated carbocycles. The molecule has 0 aromatic heterocycles. The lowest BCUT2D eigenvalue weighted by Crippen LogP contribution is -2.14. The third-order valence-electron chi connectivity index (χ3n) is 1.73. The van der Waals surface area contributed by atoms with Gasteiger partial charge in [0.1, 0.15) is 0 Å². The number of aromatic hydroxyl groups is 2. The average Bonchev–Trinajstić information content (AvgIpc) is 2.13. The van der Waals surface area contributed by atoms with Crippen LogP contribution < -0.4 is 5.73 Å². The van der Waals surface area contributed by atoms with Gasteiger partial charge in [-0.15, -0.1) is 0 Å². The Balaban J connectivity index is 3.18. The van der Waals surface area contributed by atoms with Crippen molar-refractivity contribution in [3.05, 3.63) is 23.5 Å². The lowest BCUT2D eigenvalue weighted by Gasteiger charge is -2.11. The van der Waals surface area contributed by atoms with Gasteiger partial charge in [0.2, 0.25) is 0 Å². The second kappa shape index (κ2) is 3.59. The summed E-state index contributed by atoms with van der Waals surface area (Å²) < 4.78 is 12.6. The summed E-state index contributed by atoms with van der Waals surface area (Å²) in [5.41, 5.74) is 5.48. The number of hydrogen-bond acceptors (Lipinski definition) is 4. The molecule has 1 unspecified atom stereocenters. The van der Waals surface area contributed by atoms with E-state index >= 15 is 0 Å². The normalized spacial score (nSPS) is 12.8. The van der Waals surface area contributed by atoms with Crippen molar-refractivity contribution < 1.29 is 19.7 Å². The summed E-state index contributed by atoms with van der Waals surface area (Å²) in [7, 11) is 0. The van der Waals surface area contributed by atoms with E-state index in [0.717, 1.165) is 6.07 Å². The van der Waals surface area contributed by atoms with Gasteiger partial charge in [0.25, 0.3) is 0 Å². The van der Waals surface area contributed by atoms with Crippen LogP contribution in [0.2, 0.25) is 0 Å². The molecule has 1 rings (SSSR count). The number of halogens is 1. The van der Waals surface area contributed by atoms with E-state index in [1.165, 1.54) is 6.07 Å². The fourth-order valence-electron chi connectivity index (χ4n) is 0.968. The molecule has 0 aliphatic heterocycles. The first-order valence-electron chi connectivity index (χ1n) is 3.64. The quantitative estimate of drug-likeness (QED) is 0.499. The minimum atomic E-state index is -0.925. The molecule has 1 atom stereocenters. The third-order valence-corrected chi connectivity index (χ3v) is 1.73. The highest BCUT2D eigenvalue weighted by Gasteiger charge is 2.15. The summed E-state index contributed by atoms with van der Waals surface area (Å²) >= 11 is 0. The molecule has 0 saturated heterocycles. The highest BCUT2D eigenvalue weighted by Crippen LogP contribution is 2.33. The Morgan fingerprint density at radius 2 is 1.92 bits per heavy atom. The molecule has 1 aromatic rings. The topological polar surface area (TPSA) is 86.7 Å². The number of benzene rings is 1. The average molecular weight is 187 g/mol. The van der Waals surface area contributed by atoms with Gasteiger partial charge < -0.3 is 21.1 Å². The summed E-state index contributed by atoms with van der Waals surface area (Å²) in [5, 5.41) is 26.8. The molecule has 0 bridgehead atoms. The van der Waals surface area contributed by atoms with Crippen LogP contribution in [0.1, 0.15) is 11.6 Å². The van der Waals surface area contributed by atoms with Crippen molar-refractivity contribution in [3.8, 4) is 11.5 Å². The first kappa shape index (κ1) is 9.76. The standard InChI is InChI=1S/C8H10FNO3/c9-5-2-1-4(6(10)3-11)7(12)8(5)13/h1-2,6,11-13H,3,10H2. The molecule has 0 amide bonds. The van der Waals surface area contributed by atoms with Gasteiger partial charge >= 0.3 is 0 Å². The lowest BCUT2D eigenvalue weighted by atomic mass is 10.1. The molecule has 0 radical (unpaired) electrons. The number of aliphatic hydroxyl groups excluding tert-OH is 1. The Morgan fingerprint density at radius 1 is 1.31 bits per heavy atom. The fraction of sp³-hybridized carbons (Fsp3) is 0.250. The van der Waals surface area contributed by atoms with Crippen molar-refractivity contribution in [2.45, 2.75) is 6.04 Å². The van der Waals surface area contributed by atoms with Crippen molar-refractivity contribution in [2.75, 3.05) is 6.61 Å². The van der Waals surface area contributed by atoms with Crippen LogP contribution >= 0.6 is 0 Å². The maximum atomic E-state index is 12.6. The molecule has 1 aromatic carbocycles.